The number of hydrogen-bond acceptors (Lipinski definition) is 1. The van der Waals surface area contributed by atoms with Crippen LogP contribution in [0.4, 0.5) is 0 Å². The predicted molar refractivity (Wildman–Crippen MR) is 108 cm³/mol. The Hall–Kier alpha value is -1.57. The monoisotopic (exact) mass is 343 g/mol. The molecule has 0 unspecified atom stereocenters. The summed E-state index contributed by atoms with van der Waals surface area (Å²) in [7, 11) is -1.41. The number of allylic oxidation sites excluding steroid dienone is 1. The second-order valence-electron chi connectivity index (χ2n) is 8.54. The Bertz CT molecular complexity index is 653. The molecule has 0 bridgehead atoms. The summed E-state index contributed by atoms with van der Waals surface area (Å²) in [6.07, 6.45) is 5.43. The Labute approximate surface area is 148 Å². The summed E-state index contributed by atoms with van der Waals surface area (Å²) in [6, 6.07) is 5.92. The first kappa shape index (κ1) is 20.5. The van der Waals surface area contributed by atoms with Crippen molar-refractivity contribution in [2.75, 3.05) is 0 Å². The van der Waals surface area contributed by atoms with Crippen molar-refractivity contribution < 1.29 is 4.79 Å². The second-order valence-corrected chi connectivity index (χ2v) is 13.6. The Morgan fingerprint density at radius 3 is 2.33 bits per heavy atom. The lowest BCUT2D eigenvalue weighted by molar-refractivity contribution is 0.1000. The number of amides is 1. The minimum atomic E-state index is -1.41. The molecule has 0 spiro atoms. The zero-order valence-electron chi connectivity index (χ0n) is 16.4. The van der Waals surface area contributed by atoms with Crippen LogP contribution in [0, 0.1) is 0 Å². The molecule has 132 valence electrons. The van der Waals surface area contributed by atoms with E-state index in [4.69, 9.17) is 5.73 Å². The Morgan fingerprint density at radius 1 is 1.25 bits per heavy atom. The lowest BCUT2D eigenvalue weighted by atomic mass is 9.85. The number of nitrogens with two attached hydrogens (primary N) is 1. The van der Waals surface area contributed by atoms with Crippen molar-refractivity contribution in [1.82, 2.24) is 0 Å². The average Bonchev–Trinajstić information content (AvgIpc) is 2.44. The van der Waals surface area contributed by atoms with Crippen LogP contribution in [0.25, 0.3) is 6.08 Å². The summed E-state index contributed by atoms with van der Waals surface area (Å²) >= 11 is 0. The molecule has 1 rings (SSSR count). The zero-order chi connectivity index (χ0) is 18.5. The summed E-state index contributed by atoms with van der Waals surface area (Å²) in [5.41, 5.74) is 11.8. The fourth-order valence-corrected chi connectivity index (χ4v) is 3.99. The molecule has 2 N–H and O–H groups in total. The number of benzene rings is 1. The van der Waals surface area contributed by atoms with Crippen molar-refractivity contribution >= 4 is 20.1 Å². The maximum Gasteiger partial charge on any atom is 0.249 e. The van der Waals surface area contributed by atoms with Crippen molar-refractivity contribution in [3.05, 3.63) is 45.8 Å². The third-order valence-electron chi connectivity index (χ3n) is 4.27. The molecule has 24 heavy (non-hydrogen) atoms. The number of carbonyl (C=O) groups excluding carboxylic acids is 1. The van der Waals surface area contributed by atoms with Gasteiger partial charge in [0, 0.05) is 5.56 Å². The molecule has 0 atom stereocenters. The van der Waals surface area contributed by atoms with Gasteiger partial charge >= 0.3 is 0 Å². The molecule has 1 aromatic carbocycles. The third-order valence-corrected chi connectivity index (χ3v) is 6.48. The summed E-state index contributed by atoms with van der Waals surface area (Å²) < 4.78 is 0. The fraction of sp³-hybridized carbons (Fsp3) is 0.524. The minimum absolute atomic E-state index is 0.0340. The van der Waals surface area contributed by atoms with Gasteiger partial charge in [0.25, 0.3) is 0 Å². The third kappa shape index (κ3) is 5.81. The van der Waals surface area contributed by atoms with Gasteiger partial charge in [0.1, 0.15) is 0 Å². The van der Waals surface area contributed by atoms with E-state index in [0.29, 0.717) is 5.56 Å². The van der Waals surface area contributed by atoms with Crippen LogP contribution < -0.4 is 5.73 Å². The summed E-state index contributed by atoms with van der Waals surface area (Å²) in [5.74, 6) is -0.383. The van der Waals surface area contributed by atoms with E-state index in [9.17, 15) is 4.79 Å². The number of rotatable bonds is 6. The van der Waals surface area contributed by atoms with Gasteiger partial charge in [-0.1, -0.05) is 59.8 Å². The molecule has 0 radical (unpaired) electrons. The van der Waals surface area contributed by atoms with Crippen molar-refractivity contribution in [2.45, 2.75) is 72.0 Å². The SMILES string of the molecule is CCCCC(=C=Cc1cc(C(C)(C)C)ccc1C(N)=O)[Si](C)(C)C. The first-order valence-electron chi connectivity index (χ1n) is 8.87. The maximum absolute atomic E-state index is 11.8. The molecule has 0 aliphatic rings. The van der Waals surface area contributed by atoms with Crippen molar-refractivity contribution in [3.8, 4) is 0 Å². The topological polar surface area (TPSA) is 43.1 Å². The highest BCUT2D eigenvalue weighted by Crippen LogP contribution is 2.26. The maximum atomic E-state index is 11.8. The summed E-state index contributed by atoms with van der Waals surface area (Å²) in [5, 5.41) is 1.42. The normalized spacial score (nSPS) is 11.8. The molecule has 1 aromatic rings. The van der Waals surface area contributed by atoms with E-state index in [2.05, 4.69) is 59.1 Å². The first-order valence-corrected chi connectivity index (χ1v) is 12.4. The van der Waals surface area contributed by atoms with E-state index in [0.717, 1.165) is 12.0 Å². The largest absolute Gasteiger partial charge is 0.366 e. The average molecular weight is 344 g/mol. The lowest BCUT2D eigenvalue weighted by Gasteiger charge is -2.20. The van der Waals surface area contributed by atoms with Crippen LogP contribution >= 0.6 is 0 Å². The molecule has 3 heteroatoms. The molecular weight excluding hydrogens is 310 g/mol. The quantitative estimate of drug-likeness (QED) is 0.523. The van der Waals surface area contributed by atoms with Gasteiger partial charge in [-0.3, -0.25) is 4.79 Å². The first-order chi connectivity index (χ1) is 11.0. The van der Waals surface area contributed by atoms with Crippen LogP contribution in [0.5, 0.6) is 0 Å². The molecule has 0 aliphatic heterocycles. The molecule has 2 nitrogen and oxygen atoms in total. The van der Waals surface area contributed by atoms with Crippen LogP contribution in [0.15, 0.2) is 29.1 Å². The van der Waals surface area contributed by atoms with Gasteiger partial charge in [-0.25, -0.2) is 0 Å². The molecule has 1 amide bonds. The smallest absolute Gasteiger partial charge is 0.249 e. The molecule has 0 saturated heterocycles. The van der Waals surface area contributed by atoms with E-state index < -0.39 is 8.07 Å². The fourth-order valence-electron chi connectivity index (χ4n) is 2.56. The highest BCUT2D eigenvalue weighted by molar-refractivity contribution is 6.83. The second kappa shape index (κ2) is 8.00. The Kier molecular flexibility index (Phi) is 6.83. The van der Waals surface area contributed by atoms with Gasteiger partial charge in [-0.05, 0) is 52.8 Å². The van der Waals surface area contributed by atoms with E-state index in [1.54, 1.807) is 0 Å². The van der Waals surface area contributed by atoms with Crippen LogP contribution in [0.2, 0.25) is 19.6 Å². The van der Waals surface area contributed by atoms with E-state index in [1.165, 1.54) is 23.6 Å². The Balaban J connectivity index is 3.45. The highest BCUT2D eigenvalue weighted by atomic mass is 28.3. The number of unbranched alkanes of at least 4 members (excludes halogenated alkanes) is 1. The number of primary amides is 1. The summed E-state index contributed by atoms with van der Waals surface area (Å²) in [4.78, 5) is 11.8. The summed E-state index contributed by atoms with van der Waals surface area (Å²) in [6.45, 7) is 15.8. The number of carbonyl (C=O) groups is 1. The van der Waals surface area contributed by atoms with Crippen molar-refractivity contribution in [3.63, 3.8) is 0 Å². The number of hydrogen-bond donors (Lipinski definition) is 1. The molecule has 0 aliphatic carbocycles. The molecule has 0 heterocycles. The van der Waals surface area contributed by atoms with E-state index in [-0.39, 0.29) is 11.3 Å². The van der Waals surface area contributed by atoms with Crippen LogP contribution in [-0.4, -0.2) is 14.0 Å². The molecule has 0 fully saturated rings. The van der Waals surface area contributed by atoms with E-state index in [1.807, 2.05) is 18.2 Å². The molecule has 0 saturated carbocycles. The van der Waals surface area contributed by atoms with Gasteiger partial charge in [-0.15, -0.1) is 5.73 Å². The van der Waals surface area contributed by atoms with Gasteiger partial charge in [0.15, 0.2) is 0 Å². The van der Waals surface area contributed by atoms with Crippen LogP contribution in [-0.2, 0) is 5.41 Å². The predicted octanol–water partition coefficient (Wildman–Crippen LogP) is 5.69. The van der Waals surface area contributed by atoms with E-state index >= 15 is 0 Å². The highest BCUT2D eigenvalue weighted by Gasteiger charge is 2.19. The zero-order valence-corrected chi connectivity index (χ0v) is 17.4. The standard InChI is InChI=1S/C21H33NOSi/c1-8-9-10-18(24(5,6)7)13-11-16-15-17(21(2,3)4)12-14-19(16)20(22)23/h11-12,14-15H,8-10H2,1-7H3,(H2,22,23). The molecule has 0 aromatic heterocycles. The van der Waals surface area contributed by atoms with Crippen molar-refractivity contribution in [1.29, 1.82) is 0 Å². The Morgan fingerprint density at radius 2 is 1.88 bits per heavy atom. The van der Waals surface area contributed by atoms with Gasteiger partial charge in [0.05, 0.1) is 8.07 Å². The van der Waals surface area contributed by atoms with Gasteiger partial charge in [0.2, 0.25) is 5.91 Å². The molecular formula is C21H33NOSi. The van der Waals surface area contributed by atoms with Crippen LogP contribution in [0.1, 0.15) is 68.4 Å². The van der Waals surface area contributed by atoms with Gasteiger partial charge in [-0.2, -0.15) is 0 Å². The lowest BCUT2D eigenvalue weighted by Crippen LogP contribution is -2.23. The van der Waals surface area contributed by atoms with Crippen molar-refractivity contribution in [2.24, 2.45) is 5.73 Å². The minimum Gasteiger partial charge on any atom is -0.366 e. The van der Waals surface area contributed by atoms with Gasteiger partial charge < -0.3 is 5.73 Å². The van der Waals surface area contributed by atoms with Crippen LogP contribution in [0.3, 0.4) is 0 Å².